The molecule has 1 aromatic rings. The number of hydrogen-bond acceptors (Lipinski definition) is 5. The number of nitrogens with zero attached hydrogens (tertiary/aromatic N) is 3. The lowest BCUT2D eigenvalue weighted by atomic mass is 10.1. The Balaban J connectivity index is 2.04. The zero-order valence-electron chi connectivity index (χ0n) is 13.4. The summed E-state index contributed by atoms with van der Waals surface area (Å²) in [5, 5.41) is 9.87. The Labute approximate surface area is 125 Å². The second-order valence-corrected chi connectivity index (χ2v) is 6.72. The molecule has 21 heavy (non-hydrogen) atoms. The number of nitrogens with one attached hydrogen (secondary N) is 1. The van der Waals surface area contributed by atoms with E-state index in [1.807, 2.05) is 27.7 Å². The molecular formula is C15H26N4O2. The molecule has 1 aliphatic heterocycles. The number of anilines is 1. The summed E-state index contributed by atoms with van der Waals surface area (Å²) in [6.07, 6.45) is 0. The topological polar surface area (TPSA) is 72.5 Å². The number of β-amino-alcohol motifs (C(OH)–C–C–N with tert-alkyl or cyclic N) is 1. The van der Waals surface area contributed by atoms with E-state index < -0.39 is 5.60 Å². The predicted molar refractivity (Wildman–Crippen MR) is 83.9 cm³/mol. The molecule has 118 valence electrons. The first-order valence-electron chi connectivity index (χ1n) is 7.55. The number of aromatic amines is 1. The fourth-order valence-electron chi connectivity index (χ4n) is 2.58. The molecule has 6 nitrogen and oxygen atoms in total. The van der Waals surface area contributed by atoms with Crippen LogP contribution in [0.15, 0.2) is 10.9 Å². The van der Waals surface area contributed by atoms with Gasteiger partial charge in [0.2, 0.25) is 0 Å². The highest BCUT2D eigenvalue weighted by molar-refractivity contribution is 5.38. The van der Waals surface area contributed by atoms with E-state index in [2.05, 4.69) is 19.8 Å². The molecule has 0 aromatic carbocycles. The molecule has 0 unspecified atom stereocenters. The molecule has 2 rings (SSSR count). The van der Waals surface area contributed by atoms with E-state index in [1.54, 1.807) is 6.07 Å². The third kappa shape index (κ3) is 4.54. The number of piperazine rings is 1. The lowest BCUT2D eigenvalue weighted by Gasteiger charge is -2.37. The fourth-order valence-corrected chi connectivity index (χ4v) is 2.58. The third-order valence-corrected chi connectivity index (χ3v) is 3.60. The van der Waals surface area contributed by atoms with E-state index in [0.717, 1.165) is 37.8 Å². The van der Waals surface area contributed by atoms with E-state index in [0.29, 0.717) is 6.54 Å². The van der Waals surface area contributed by atoms with Crippen molar-refractivity contribution in [2.45, 2.75) is 39.2 Å². The van der Waals surface area contributed by atoms with Gasteiger partial charge in [0.15, 0.2) is 0 Å². The second-order valence-electron chi connectivity index (χ2n) is 6.72. The first-order chi connectivity index (χ1) is 9.74. The average molecular weight is 294 g/mol. The second kappa shape index (κ2) is 6.15. The number of hydrogen-bond donors (Lipinski definition) is 2. The molecule has 1 aliphatic rings. The molecular weight excluding hydrogens is 268 g/mol. The Morgan fingerprint density at radius 1 is 1.33 bits per heavy atom. The fraction of sp³-hybridized carbons (Fsp3) is 0.733. The normalized spacial score (nSPS) is 17.5. The van der Waals surface area contributed by atoms with E-state index in [1.165, 1.54) is 0 Å². The summed E-state index contributed by atoms with van der Waals surface area (Å²) in [4.78, 5) is 23.5. The summed E-state index contributed by atoms with van der Waals surface area (Å²) in [5.41, 5.74) is -0.766. The summed E-state index contributed by atoms with van der Waals surface area (Å²) >= 11 is 0. The van der Waals surface area contributed by atoms with Gasteiger partial charge in [0.05, 0.1) is 5.60 Å². The smallest absolute Gasteiger partial charge is 0.252 e. The van der Waals surface area contributed by atoms with Crippen LogP contribution in [0.4, 0.5) is 5.82 Å². The third-order valence-electron chi connectivity index (χ3n) is 3.60. The molecule has 0 saturated carbocycles. The molecule has 1 fully saturated rings. The van der Waals surface area contributed by atoms with Crippen molar-refractivity contribution in [3.05, 3.63) is 22.2 Å². The van der Waals surface area contributed by atoms with Crippen LogP contribution >= 0.6 is 0 Å². The molecule has 0 spiro atoms. The SMILES string of the molecule is CC(C)c1nc(N2CCN(CC(C)(C)O)CC2)cc(=O)[nH]1. The zero-order chi connectivity index (χ0) is 15.6. The van der Waals surface area contributed by atoms with Gasteiger partial charge in [0, 0.05) is 44.7 Å². The summed E-state index contributed by atoms with van der Waals surface area (Å²) in [5.74, 6) is 1.69. The van der Waals surface area contributed by atoms with Gasteiger partial charge >= 0.3 is 0 Å². The average Bonchev–Trinajstić information content (AvgIpc) is 2.37. The van der Waals surface area contributed by atoms with Crippen molar-refractivity contribution in [3.8, 4) is 0 Å². The summed E-state index contributed by atoms with van der Waals surface area (Å²) < 4.78 is 0. The van der Waals surface area contributed by atoms with Crippen LogP contribution in [0, 0.1) is 0 Å². The van der Waals surface area contributed by atoms with Gasteiger partial charge in [0.25, 0.3) is 5.56 Å². The van der Waals surface area contributed by atoms with Gasteiger partial charge in [-0.05, 0) is 13.8 Å². The summed E-state index contributed by atoms with van der Waals surface area (Å²) in [6.45, 7) is 11.7. The Bertz CT molecular complexity index is 525. The minimum atomic E-state index is -0.672. The minimum absolute atomic E-state index is 0.0948. The number of aromatic nitrogens is 2. The number of rotatable bonds is 4. The summed E-state index contributed by atoms with van der Waals surface area (Å²) in [6, 6.07) is 1.57. The zero-order valence-corrected chi connectivity index (χ0v) is 13.4. The lowest BCUT2D eigenvalue weighted by molar-refractivity contribution is 0.0344. The highest BCUT2D eigenvalue weighted by atomic mass is 16.3. The van der Waals surface area contributed by atoms with Crippen molar-refractivity contribution in [1.82, 2.24) is 14.9 Å². The Hall–Kier alpha value is -1.40. The summed E-state index contributed by atoms with van der Waals surface area (Å²) in [7, 11) is 0. The van der Waals surface area contributed by atoms with Gasteiger partial charge in [-0.15, -0.1) is 0 Å². The first kappa shape index (κ1) is 16.0. The van der Waals surface area contributed by atoms with Crippen LogP contribution in [0.25, 0.3) is 0 Å². The molecule has 0 amide bonds. The van der Waals surface area contributed by atoms with Gasteiger partial charge in [-0.1, -0.05) is 13.8 Å². The van der Waals surface area contributed by atoms with Gasteiger partial charge in [-0.25, -0.2) is 4.98 Å². The van der Waals surface area contributed by atoms with Crippen LogP contribution in [0.5, 0.6) is 0 Å². The molecule has 0 radical (unpaired) electrons. The van der Waals surface area contributed by atoms with Crippen molar-refractivity contribution in [2.24, 2.45) is 0 Å². The molecule has 2 N–H and O–H groups in total. The van der Waals surface area contributed by atoms with Crippen molar-refractivity contribution < 1.29 is 5.11 Å². The van der Waals surface area contributed by atoms with Gasteiger partial charge in [0.1, 0.15) is 11.6 Å². The Kier molecular flexibility index (Phi) is 4.68. The highest BCUT2D eigenvalue weighted by Gasteiger charge is 2.23. The lowest BCUT2D eigenvalue weighted by Crippen LogP contribution is -2.50. The Morgan fingerprint density at radius 3 is 2.48 bits per heavy atom. The van der Waals surface area contributed by atoms with Crippen LogP contribution in [-0.4, -0.2) is 58.3 Å². The maximum Gasteiger partial charge on any atom is 0.252 e. The number of aliphatic hydroxyl groups is 1. The predicted octanol–water partition coefficient (Wildman–Crippen LogP) is 0.786. The van der Waals surface area contributed by atoms with E-state index in [9.17, 15) is 9.90 Å². The van der Waals surface area contributed by atoms with Crippen molar-refractivity contribution in [3.63, 3.8) is 0 Å². The first-order valence-corrected chi connectivity index (χ1v) is 7.55. The van der Waals surface area contributed by atoms with Crippen molar-refractivity contribution in [2.75, 3.05) is 37.6 Å². The maximum atomic E-state index is 11.7. The standard InChI is InChI=1S/C15H26N4O2/c1-11(2)14-16-12(9-13(20)17-14)19-7-5-18(6-8-19)10-15(3,4)21/h9,11,21H,5-8,10H2,1-4H3,(H,16,17,20). The quantitative estimate of drug-likeness (QED) is 0.859. The highest BCUT2D eigenvalue weighted by Crippen LogP contribution is 2.16. The van der Waals surface area contributed by atoms with Crippen LogP contribution in [0.3, 0.4) is 0 Å². The monoisotopic (exact) mass is 294 g/mol. The van der Waals surface area contributed by atoms with Crippen molar-refractivity contribution in [1.29, 1.82) is 0 Å². The van der Waals surface area contributed by atoms with Crippen LogP contribution in [0.1, 0.15) is 39.4 Å². The molecule has 6 heteroatoms. The molecule has 0 aliphatic carbocycles. The van der Waals surface area contributed by atoms with Crippen molar-refractivity contribution >= 4 is 5.82 Å². The van der Waals surface area contributed by atoms with E-state index >= 15 is 0 Å². The molecule has 0 atom stereocenters. The maximum absolute atomic E-state index is 11.7. The van der Waals surface area contributed by atoms with Gasteiger partial charge < -0.3 is 15.0 Å². The largest absolute Gasteiger partial charge is 0.389 e. The molecule has 2 heterocycles. The van der Waals surface area contributed by atoms with Gasteiger partial charge in [-0.3, -0.25) is 9.69 Å². The molecule has 1 aromatic heterocycles. The van der Waals surface area contributed by atoms with Gasteiger partial charge in [-0.2, -0.15) is 0 Å². The van der Waals surface area contributed by atoms with Crippen LogP contribution < -0.4 is 10.5 Å². The Morgan fingerprint density at radius 2 is 1.95 bits per heavy atom. The van der Waals surface area contributed by atoms with Crippen LogP contribution in [0.2, 0.25) is 0 Å². The molecule has 1 saturated heterocycles. The van der Waals surface area contributed by atoms with E-state index in [-0.39, 0.29) is 11.5 Å². The minimum Gasteiger partial charge on any atom is -0.389 e. The van der Waals surface area contributed by atoms with E-state index in [4.69, 9.17) is 0 Å². The van der Waals surface area contributed by atoms with Crippen LogP contribution in [-0.2, 0) is 0 Å². The molecule has 0 bridgehead atoms. The number of H-pyrrole nitrogens is 1.